The van der Waals surface area contributed by atoms with Crippen molar-refractivity contribution in [1.82, 2.24) is 5.32 Å². The van der Waals surface area contributed by atoms with E-state index in [1.165, 1.54) is 0 Å². The fourth-order valence-corrected chi connectivity index (χ4v) is 2.92. The maximum absolute atomic E-state index is 11.9. The van der Waals surface area contributed by atoms with Crippen molar-refractivity contribution >= 4 is 9.84 Å². The van der Waals surface area contributed by atoms with Crippen LogP contribution >= 0.6 is 0 Å². The van der Waals surface area contributed by atoms with E-state index in [9.17, 15) is 13.5 Å². The molecule has 0 heterocycles. The zero-order valence-electron chi connectivity index (χ0n) is 11.4. The van der Waals surface area contributed by atoms with Gasteiger partial charge in [0.05, 0.1) is 16.6 Å². The number of nitrogens with one attached hydrogen (secondary N) is 1. The van der Waals surface area contributed by atoms with Crippen LogP contribution in [0.15, 0.2) is 0 Å². The Morgan fingerprint density at radius 2 is 1.88 bits per heavy atom. The SMILES string of the molecule is CC1(C)C(O)CC1NCCS(=O)(=O)C(C)(C)C. The third-order valence-corrected chi connectivity index (χ3v) is 6.52. The van der Waals surface area contributed by atoms with Crippen molar-refractivity contribution in [1.29, 1.82) is 0 Å². The zero-order chi connectivity index (χ0) is 13.5. The molecule has 2 unspecified atom stereocenters. The number of aliphatic hydroxyl groups is 1. The molecule has 0 radical (unpaired) electrons. The van der Waals surface area contributed by atoms with Gasteiger partial charge in [-0.05, 0) is 27.2 Å². The fraction of sp³-hybridized carbons (Fsp3) is 1.00. The quantitative estimate of drug-likeness (QED) is 0.792. The van der Waals surface area contributed by atoms with Gasteiger partial charge in [0.1, 0.15) is 0 Å². The molecule has 1 saturated carbocycles. The highest BCUT2D eigenvalue weighted by Crippen LogP contribution is 2.40. The summed E-state index contributed by atoms with van der Waals surface area (Å²) in [5.41, 5.74) is -0.147. The molecule has 0 aliphatic heterocycles. The van der Waals surface area contributed by atoms with E-state index in [2.05, 4.69) is 5.32 Å². The van der Waals surface area contributed by atoms with Crippen molar-refractivity contribution < 1.29 is 13.5 Å². The summed E-state index contributed by atoms with van der Waals surface area (Å²) in [6.07, 6.45) is 0.432. The van der Waals surface area contributed by atoms with E-state index in [0.29, 0.717) is 13.0 Å². The first-order valence-electron chi connectivity index (χ1n) is 6.12. The number of hydrogen-bond acceptors (Lipinski definition) is 4. The lowest BCUT2D eigenvalue weighted by Gasteiger charge is -2.49. The first kappa shape index (κ1) is 14.9. The zero-order valence-corrected chi connectivity index (χ0v) is 12.3. The van der Waals surface area contributed by atoms with Gasteiger partial charge in [0.2, 0.25) is 0 Å². The van der Waals surface area contributed by atoms with E-state index in [1.54, 1.807) is 20.8 Å². The van der Waals surface area contributed by atoms with Crippen LogP contribution in [-0.2, 0) is 9.84 Å². The van der Waals surface area contributed by atoms with Gasteiger partial charge < -0.3 is 10.4 Å². The molecule has 0 bridgehead atoms. The molecule has 1 aliphatic carbocycles. The van der Waals surface area contributed by atoms with Crippen molar-refractivity contribution in [2.45, 2.75) is 57.9 Å². The van der Waals surface area contributed by atoms with E-state index in [-0.39, 0.29) is 23.3 Å². The summed E-state index contributed by atoms with van der Waals surface area (Å²) in [5, 5.41) is 12.8. The van der Waals surface area contributed by atoms with Gasteiger partial charge in [0, 0.05) is 18.0 Å². The highest BCUT2D eigenvalue weighted by molar-refractivity contribution is 7.92. The average Bonchev–Trinajstić information content (AvgIpc) is 2.14. The lowest BCUT2D eigenvalue weighted by atomic mass is 9.64. The highest BCUT2D eigenvalue weighted by Gasteiger charge is 2.46. The summed E-state index contributed by atoms with van der Waals surface area (Å²) in [7, 11) is -3.05. The predicted molar refractivity (Wildman–Crippen MR) is 69.7 cm³/mol. The largest absolute Gasteiger partial charge is 0.392 e. The summed E-state index contributed by atoms with van der Waals surface area (Å²) < 4.78 is 23.1. The lowest BCUT2D eigenvalue weighted by Crippen LogP contribution is -2.60. The Morgan fingerprint density at radius 1 is 1.35 bits per heavy atom. The number of aliphatic hydroxyl groups excluding tert-OH is 1. The molecule has 0 aromatic rings. The van der Waals surface area contributed by atoms with Crippen molar-refractivity contribution in [2.24, 2.45) is 5.41 Å². The molecule has 0 spiro atoms. The first-order chi connectivity index (χ1) is 7.48. The van der Waals surface area contributed by atoms with Crippen molar-refractivity contribution in [3.8, 4) is 0 Å². The van der Waals surface area contributed by atoms with Crippen LogP contribution in [0.1, 0.15) is 41.0 Å². The molecule has 2 atom stereocenters. The van der Waals surface area contributed by atoms with E-state index in [0.717, 1.165) is 0 Å². The highest BCUT2D eigenvalue weighted by atomic mass is 32.2. The minimum atomic E-state index is -3.05. The molecule has 5 heteroatoms. The van der Waals surface area contributed by atoms with Gasteiger partial charge in [-0.15, -0.1) is 0 Å². The van der Waals surface area contributed by atoms with Crippen LogP contribution in [0, 0.1) is 5.41 Å². The van der Waals surface area contributed by atoms with Crippen LogP contribution in [0.3, 0.4) is 0 Å². The molecule has 1 fully saturated rings. The Labute approximate surface area is 105 Å². The minimum Gasteiger partial charge on any atom is -0.392 e. The molecule has 0 amide bonds. The molecule has 0 aromatic carbocycles. The summed E-state index contributed by atoms with van der Waals surface area (Å²) in [6, 6.07) is 0.215. The second-order valence-electron chi connectivity index (χ2n) is 6.51. The second kappa shape index (κ2) is 4.52. The Kier molecular flexibility index (Phi) is 3.97. The van der Waals surface area contributed by atoms with E-state index < -0.39 is 14.6 Å². The van der Waals surface area contributed by atoms with Crippen LogP contribution in [0.25, 0.3) is 0 Å². The number of hydrogen-bond donors (Lipinski definition) is 2. The maximum atomic E-state index is 11.9. The Balaban J connectivity index is 2.41. The minimum absolute atomic E-state index is 0.147. The van der Waals surface area contributed by atoms with Gasteiger partial charge in [-0.25, -0.2) is 8.42 Å². The Hall–Kier alpha value is -0.130. The molecular weight excluding hydrogens is 238 g/mol. The maximum Gasteiger partial charge on any atom is 0.156 e. The summed E-state index contributed by atoms with van der Waals surface area (Å²) in [4.78, 5) is 0. The molecular formula is C12H25NO3S. The van der Waals surface area contributed by atoms with Crippen LogP contribution < -0.4 is 5.32 Å². The molecule has 2 N–H and O–H groups in total. The molecule has 1 aliphatic rings. The summed E-state index contributed by atoms with van der Waals surface area (Å²) in [6.45, 7) is 9.62. The van der Waals surface area contributed by atoms with Crippen LogP contribution in [0.2, 0.25) is 0 Å². The normalized spacial score (nSPS) is 28.8. The molecule has 4 nitrogen and oxygen atoms in total. The van der Waals surface area contributed by atoms with Crippen molar-refractivity contribution in [3.63, 3.8) is 0 Å². The van der Waals surface area contributed by atoms with E-state index in [4.69, 9.17) is 0 Å². The number of rotatable bonds is 4. The second-order valence-corrected chi connectivity index (χ2v) is 9.37. The predicted octanol–water partition coefficient (Wildman–Crippen LogP) is 0.949. The standard InChI is InChI=1S/C12H25NO3S/c1-11(2,3)17(15,16)7-6-13-9-8-10(14)12(9,4)5/h9-10,13-14H,6-8H2,1-5H3. The molecule has 0 saturated heterocycles. The monoisotopic (exact) mass is 263 g/mol. The Morgan fingerprint density at radius 3 is 2.24 bits per heavy atom. The van der Waals surface area contributed by atoms with Crippen molar-refractivity contribution in [2.75, 3.05) is 12.3 Å². The van der Waals surface area contributed by atoms with Crippen LogP contribution in [-0.4, -0.2) is 42.7 Å². The van der Waals surface area contributed by atoms with E-state index >= 15 is 0 Å². The third kappa shape index (κ3) is 3.01. The fourth-order valence-electron chi connectivity index (χ4n) is 1.92. The molecule has 0 aromatic heterocycles. The molecule has 1 rings (SSSR count). The lowest BCUT2D eigenvalue weighted by molar-refractivity contribution is -0.0716. The van der Waals surface area contributed by atoms with Gasteiger partial charge in [-0.1, -0.05) is 13.8 Å². The van der Waals surface area contributed by atoms with Gasteiger partial charge in [-0.2, -0.15) is 0 Å². The topological polar surface area (TPSA) is 66.4 Å². The first-order valence-corrected chi connectivity index (χ1v) is 7.77. The van der Waals surface area contributed by atoms with E-state index in [1.807, 2.05) is 13.8 Å². The van der Waals surface area contributed by atoms with Gasteiger partial charge in [-0.3, -0.25) is 0 Å². The van der Waals surface area contributed by atoms with Crippen LogP contribution in [0.4, 0.5) is 0 Å². The molecule has 102 valence electrons. The summed E-state index contributed by atoms with van der Waals surface area (Å²) >= 11 is 0. The van der Waals surface area contributed by atoms with Gasteiger partial charge in [0.15, 0.2) is 9.84 Å². The summed E-state index contributed by atoms with van der Waals surface area (Å²) in [5.74, 6) is 0.152. The van der Waals surface area contributed by atoms with Crippen LogP contribution in [0.5, 0.6) is 0 Å². The smallest absolute Gasteiger partial charge is 0.156 e. The van der Waals surface area contributed by atoms with Gasteiger partial charge in [0.25, 0.3) is 0 Å². The molecule has 17 heavy (non-hydrogen) atoms. The van der Waals surface area contributed by atoms with Gasteiger partial charge >= 0.3 is 0 Å². The Bertz CT molecular complexity index is 368. The number of sulfone groups is 1. The average molecular weight is 263 g/mol. The third-order valence-electron chi connectivity index (χ3n) is 3.91. The van der Waals surface area contributed by atoms with Crippen molar-refractivity contribution in [3.05, 3.63) is 0 Å².